The molecule has 0 spiro atoms. The Hall–Kier alpha value is -2.43. The van der Waals surface area contributed by atoms with Crippen LogP contribution in [0.15, 0.2) is 36.8 Å². The van der Waals surface area contributed by atoms with Gasteiger partial charge in [0, 0.05) is 18.0 Å². The van der Waals surface area contributed by atoms with Gasteiger partial charge in [-0.15, -0.1) is 0 Å². The summed E-state index contributed by atoms with van der Waals surface area (Å²) >= 11 is 0. The van der Waals surface area contributed by atoms with Crippen molar-refractivity contribution in [3.63, 3.8) is 0 Å². The second-order valence-electron chi connectivity index (χ2n) is 3.96. The molecule has 98 valence electrons. The highest BCUT2D eigenvalue weighted by molar-refractivity contribution is 5.92. The van der Waals surface area contributed by atoms with E-state index < -0.39 is 5.97 Å². The first-order chi connectivity index (χ1) is 9.22. The van der Waals surface area contributed by atoms with Gasteiger partial charge in [-0.2, -0.15) is 0 Å². The Balaban J connectivity index is 2.39. The zero-order chi connectivity index (χ0) is 13.7. The Morgan fingerprint density at radius 1 is 1.37 bits per heavy atom. The van der Waals surface area contributed by atoms with Crippen LogP contribution in [0.5, 0.6) is 5.75 Å². The molecule has 0 unspecified atom stereocenters. The van der Waals surface area contributed by atoms with Gasteiger partial charge in [-0.25, -0.2) is 4.79 Å². The van der Waals surface area contributed by atoms with Crippen LogP contribution in [-0.4, -0.2) is 27.7 Å². The summed E-state index contributed by atoms with van der Waals surface area (Å²) in [6.45, 7) is 2.43. The van der Waals surface area contributed by atoms with Crippen molar-refractivity contribution in [3.05, 3.63) is 42.4 Å². The minimum absolute atomic E-state index is 0.121. The highest BCUT2D eigenvalue weighted by atomic mass is 16.5. The molecule has 19 heavy (non-hydrogen) atoms. The number of aromatic nitrogens is 2. The Morgan fingerprint density at radius 2 is 2.11 bits per heavy atom. The van der Waals surface area contributed by atoms with E-state index in [2.05, 4.69) is 9.97 Å². The minimum atomic E-state index is -1.02. The zero-order valence-corrected chi connectivity index (χ0v) is 10.5. The van der Waals surface area contributed by atoms with Crippen LogP contribution in [0.1, 0.15) is 23.7 Å². The van der Waals surface area contributed by atoms with Crippen LogP contribution in [0.4, 0.5) is 0 Å². The van der Waals surface area contributed by atoms with Crippen LogP contribution in [0, 0.1) is 0 Å². The molecular formula is C14H14N2O3. The standard InChI is InChI=1S/C14H14N2O3/c1-2-7-19-13-9-16-12(8-11(13)14(17)18)10-3-5-15-6-4-10/h3-6,8-9H,2,7H2,1H3,(H,17,18). The number of nitrogens with zero attached hydrogens (tertiary/aromatic N) is 2. The smallest absolute Gasteiger partial charge is 0.339 e. The van der Waals surface area contributed by atoms with Crippen LogP contribution < -0.4 is 4.74 Å². The van der Waals surface area contributed by atoms with Crippen molar-refractivity contribution in [2.45, 2.75) is 13.3 Å². The molecule has 0 radical (unpaired) electrons. The molecule has 0 aromatic carbocycles. The molecule has 0 fully saturated rings. The van der Waals surface area contributed by atoms with E-state index in [9.17, 15) is 9.90 Å². The molecule has 0 aliphatic rings. The number of rotatable bonds is 5. The van der Waals surface area contributed by atoms with Crippen LogP contribution in [0.3, 0.4) is 0 Å². The first-order valence-electron chi connectivity index (χ1n) is 5.99. The van der Waals surface area contributed by atoms with Gasteiger partial charge in [0.15, 0.2) is 5.75 Å². The van der Waals surface area contributed by atoms with E-state index in [0.717, 1.165) is 12.0 Å². The first-order valence-corrected chi connectivity index (χ1v) is 5.99. The lowest BCUT2D eigenvalue weighted by Crippen LogP contribution is -2.05. The number of carboxylic acids is 1. The van der Waals surface area contributed by atoms with E-state index in [-0.39, 0.29) is 5.56 Å². The summed E-state index contributed by atoms with van der Waals surface area (Å²) in [5.41, 5.74) is 1.53. The SMILES string of the molecule is CCCOc1cnc(-c2ccncc2)cc1C(=O)O. The zero-order valence-electron chi connectivity index (χ0n) is 10.5. The molecule has 0 amide bonds. The van der Waals surface area contributed by atoms with Gasteiger partial charge in [-0.3, -0.25) is 9.97 Å². The van der Waals surface area contributed by atoms with Gasteiger partial charge in [0.2, 0.25) is 0 Å². The number of hydrogen-bond donors (Lipinski definition) is 1. The fraction of sp³-hybridized carbons (Fsp3) is 0.214. The molecule has 2 rings (SSSR count). The van der Waals surface area contributed by atoms with Crippen molar-refractivity contribution in [1.29, 1.82) is 0 Å². The number of aromatic carboxylic acids is 1. The minimum Gasteiger partial charge on any atom is -0.491 e. The molecule has 0 aliphatic carbocycles. The van der Waals surface area contributed by atoms with Gasteiger partial charge in [0.25, 0.3) is 0 Å². The molecule has 0 bridgehead atoms. The highest BCUT2D eigenvalue weighted by Crippen LogP contribution is 2.24. The first kappa shape index (κ1) is 13.0. The molecule has 0 saturated heterocycles. The lowest BCUT2D eigenvalue weighted by molar-refractivity contribution is 0.0692. The number of pyridine rings is 2. The molecule has 0 aliphatic heterocycles. The van der Waals surface area contributed by atoms with Gasteiger partial charge < -0.3 is 9.84 Å². The summed E-state index contributed by atoms with van der Waals surface area (Å²) in [7, 11) is 0. The van der Waals surface area contributed by atoms with E-state index in [1.54, 1.807) is 24.5 Å². The van der Waals surface area contributed by atoms with Gasteiger partial charge in [0.1, 0.15) is 5.56 Å². The van der Waals surface area contributed by atoms with Crippen molar-refractivity contribution in [2.24, 2.45) is 0 Å². The second kappa shape index (κ2) is 5.95. The monoisotopic (exact) mass is 258 g/mol. The summed E-state index contributed by atoms with van der Waals surface area (Å²) in [4.78, 5) is 19.4. The summed E-state index contributed by atoms with van der Waals surface area (Å²) in [6.07, 6.45) is 5.54. The Labute approximate surface area is 110 Å². The lowest BCUT2D eigenvalue weighted by atomic mass is 10.1. The lowest BCUT2D eigenvalue weighted by Gasteiger charge is -2.09. The Morgan fingerprint density at radius 3 is 2.74 bits per heavy atom. The van der Waals surface area contributed by atoms with E-state index >= 15 is 0 Å². The van der Waals surface area contributed by atoms with Crippen LogP contribution in [-0.2, 0) is 0 Å². The molecule has 2 heterocycles. The van der Waals surface area contributed by atoms with Gasteiger partial charge in [-0.1, -0.05) is 6.92 Å². The van der Waals surface area contributed by atoms with Crippen LogP contribution >= 0.6 is 0 Å². The number of carboxylic acid groups (broad SMARTS) is 1. The van der Waals surface area contributed by atoms with Gasteiger partial charge in [0.05, 0.1) is 18.5 Å². The van der Waals surface area contributed by atoms with Crippen LogP contribution in [0.25, 0.3) is 11.3 Å². The van der Waals surface area contributed by atoms with Crippen molar-refractivity contribution in [2.75, 3.05) is 6.61 Å². The Kier molecular flexibility index (Phi) is 4.07. The molecular weight excluding hydrogens is 244 g/mol. The average molecular weight is 258 g/mol. The summed E-state index contributed by atoms with van der Waals surface area (Å²) < 4.78 is 5.38. The summed E-state index contributed by atoms with van der Waals surface area (Å²) in [5, 5.41) is 9.22. The Bertz CT molecular complexity index is 570. The molecule has 1 N–H and O–H groups in total. The fourth-order valence-electron chi connectivity index (χ4n) is 1.62. The average Bonchev–Trinajstić information content (AvgIpc) is 2.45. The van der Waals surface area contributed by atoms with E-state index in [1.807, 2.05) is 6.92 Å². The van der Waals surface area contributed by atoms with Crippen LogP contribution in [0.2, 0.25) is 0 Å². The molecule has 2 aromatic heterocycles. The third kappa shape index (κ3) is 3.07. The molecule has 2 aromatic rings. The summed E-state index contributed by atoms with van der Waals surface area (Å²) in [5.74, 6) is -0.726. The molecule has 5 nitrogen and oxygen atoms in total. The normalized spacial score (nSPS) is 10.2. The van der Waals surface area contributed by atoms with E-state index in [4.69, 9.17) is 4.74 Å². The van der Waals surface area contributed by atoms with Crippen molar-refractivity contribution < 1.29 is 14.6 Å². The summed E-state index contributed by atoms with van der Waals surface area (Å²) in [6, 6.07) is 5.07. The number of hydrogen-bond acceptors (Lipinski definition) is 4. The second-order valence-corrected chi connectivity index (χ2v) is 3.96. The largest absolute Gasteiger partial charge is 0.491 e. The van der Waals surface area contributed by atoms with Crippen molar-refractivity contribution in [3.8, 4) is 17.0 Å². The maximum Gasteiger partial charge on any atom is 0.339 e. The predicted octanol–water partition coefficient (Wildman–Crippen LogP) is 2.63. The molecule has 0 atom stereocenters. The number of ether oxygens (including phenoxy) is 1. The number of carbonyl (C=O) groups is 1. The van der Waals surface area contributed by atoms with Gasteiger partial charge >= 0.3 is 5.97 Å². The quantitative estimate of drug-likeness (QED) is 0.892. The highest BCUT2D eigenvalue weighted by Gasteiger charge is 2.14. The molecule has 0 saturated carbocycles. The van der Waals surface area contributed by atoms with E-state index in [1.165, 1.54) is 12.3 Å². The fourth-order valence-corrected chi connectivity index (χ4v) is 1.62. The predicted molar refractivity (Wildman–Crippen MR) is 70.2 cm³/mol. The van der Waals surface area contributed by atoms with Gasteiger partial charge in [-0.05, 0) is 24.6 Å². The third-order valence-corrected chi connectivity index (χ3v) is 2.54. The topological polar surface area (TPSA) is 72.3 Å². The third-order valence-electron chi connectivity index (χ3n) is 2.54. The maximum absolute atomic E-state index is 11.2. The van der Waals surface area contributed by atoms with E-state index in [0.29, 0.717) is 18.1 Å². The van der Waals surface area contributed by atoms with Crippen molar-refractivity contribution in [1.82, 2.24) is 9.97 Å². The van der Waals surface area contributed by atoms with Crippen molar-refractivity contribution >= 4 is 5.97 Å². The molecule has 5 heteroatoms. The maximum atomic E-state index is 11.2.